The van der Waals surface area contributed by atoms with Gasteiger partial charge in [-0.2, -0.15) is 26.3 Å². The number of hydrogen-bond donors (Lipinski definition) is 3. The van der Waals surface area contributed by atoms with E-state index in [1.165, 1.54) is 9.75 Å². The van der Waals surface area contributed by atoms with Gasteiger partial charge in [0.25, 0.3) is 5.91 Å². The SMILES string of the molecule is COc1ccc(CNC(=O)C2Cn3ccnc3C3(CCN(Cc4ccc(C)s4)CC3)O2)cc1.O=C(O)C(F)(F)F.O=C(O)C(F)(F)F. The molecule has 1 unspecified atom stereocenters. The number of hydrogen-bond acceptors (Lipinski definition) is 8. The predicted molar refractivity (Wildman–Crippen MR) is 155 cm³/mol. The molecular weight excluding hydrogens is 662 g/mol. The molecule has 0 radical (unpaired) electrons. The van der Waals surface area contributed by atoms with Gasteiger partial charge < -0.3 is 29.6 Å². The monoisotopic (exact) mass is 694 g/mol. The third-order valence-electron chi connectivity index (χ3n) is 7.10. The average molecular weight is 695 g/mol. The van der Waals surface area contributed by atoms with Crippen molar-refractivity contribution < 1.29 is 60.4 Å². The number of rotatable bonds is 6. The van der Waals surface area contributed by atoms with E-state index in [1.807, 2.05) is 48.0 Å². The summed E-state index contributed by atoms with van der Waals surface area (Å²) < 4.78 is 77.3. The molecule has 1 aromatic carbocycles. The van der Waals surface area contributed by atoms with E-state index in [4.69, 9.17) is 29.3 Å². The number of carboxylic acids is 2. The van der Waals surface area contributed by atoms with Crippen LogP contribution in [0.5, 0.6) is 5.75 Å². The van der Waals surface area contributed by atoms with Gasteiger partial charge in [-0.15, -0.1) is 11.3 Å². The molecule has 5 rings (SSSR count). The lowest BCUT2D eigenvalue weighted by atomic mass is 9.88. The predicted octanol–water partition coefficient (Wildman–Crippen LogP) is 4.73. The van der Waals surface area contributed by atoms with Crippen molar-refractivity contribution >= 4 is 29.2 Å². The van der Waals surface area contributed by atoms with E-state index in [0.29, 0.717) is 13.1 Å². The van der Waals surface area contributed by atoms with Crippen molar-refractivity contribution in [3.8, 4) is 5.75 Å². The molecular formula is C29H32F6N4O7S. The number of aromatic nitrogens is 2. The first-order valence-corrected chi connectivity index (χ1v) is 14.7. The zero-order chi connectivity index (χ0) is 35.0. The number of likely N-dealkylation sites (tertiary alicyclic amines) is 1. The van der Waals surface area contributed by atoms with Crippen molar-refractivity contribution in [3.63, 3.8) is 0 Å². The molecule has 2 aliphatic heterocycles. The first-order valence-electron chi connectivity index (χ1n) is 13.9. The molecule has 0 bridgehead atoms. The lowest BCUT2D eigenvalue weighted by Crippen LogP contribution is -2.53. The normalized spacial score (nSPS) is 17.3. The number of benzene rings is 1. The van der Waals surface area contributed by atoms with E-state index >= 15 is 0 Å². The lowest BCUT2D eigenvalue weighted by molar-refractivity contribution is -0.193. The van der Waals surface area contributed by atoms with Gasteiger partial charge in [-0.25, -0.2) is 14.6 Å². The van der Waals surface area contributed by atoms with E-state index in [0.717, 1.165) is 49.6 Å². The molecule has 2 aliphatic rings. The molecule has 1 spiro atoms. The van der Waals surface area contributed by atoms with Crippen LogP contribution in [-0.2, 0) is 44.4 Å². The minimum atomic E-state index is -5.08. The van der Waals surface area contributed by atoms with Crippen LogP contribution < -0.4 is 10.1 Å². The van der Waals surface area contributed by atoms with Crippen LogP contribution in [0.2, 0.25) is 0 Å². The fraction of sp³-hybridized carbons (Fsp3) is 0.448. The van der Waals surface area contributed by atoms with Crippen molar-refractivity contribution in [2.75, 3.05) is 20.2 Å². The summed E-state index contributed by atoms with van der Waals surface area (Å²) in [6.45, 7) is 5.90. The number of halogens is 6. The number of alkyl halides is 6. The molecule has 4 heterocycles. The summed E-state index contributed by atoms with van der Waals surface area (Å²) in [5.41, 5.74) is 0.515. The number of piperidine rings is 1. The third kappa shape index (κ3) is 10.7. The smallest absolute Gasteiger partial charge is 0.490 e. The third-order valence-corrected chi connectivity index (χ3v) is 8.08. The second-order valence-electron chi connectivity index (χ2n) is 10.5. The Labute approximate surface area is 268 Å². The number of imidazole rings is 1. The van der Waals surface area contributed by atoms with E-state index in [9.17, 15) is 31.1 Å². The van der Waals surface area contributed by atoms with E-state index < -0.39 is 36.0 Å². The number of aliphatic carboxylic acids is 2. The van der Waals surface area contributed by atoms with Crippen molar-refractivity contribution in [2.24, 2.45) is 0 Å². The summed E-state index contributed by atoms with van der Waals surface area (Å²) in [6.07, 6.45) is -5.26. The molecule has 3 aromatic rings. The highest BCUT2D eigenvalue weighted by atomic mass is 32.1. The highest BCUT2D eigenvalue weighted by molar-refractivity contribution is 7.11. The maximum absolute atomic E-state index is 13.1. The van der Waals surface area contributed by atoms with Gasteiger partial charge in [0.2, 0.25) is 0 Å². The van der Waals surface area contributed by atoms with E-state index in [-0.39, 0.29) is 5.91 Å². The number of aryl methyl sites for hydroxylation is 1. The molecule has 0 saturated carbocycles. The van der Waals surface area contributed by atoms with Gasteiger partial charge in [-0.1, -0.05) is 12.1 Å². The Hall–Kier alpha value is -4.16. The number of carbonyl (C=O) groups excluding carboxylic acids is 1. The molecule has 1 fully saturated rings. The first-order chi connectivity index (χ1) is 21.9. The van der Waals surface area contributed by atoms with Crippen molar-refractivity contribution in [2.45, 2.75) is 63.5 Å². The second kappa shape index (κ2) is 15.6. The van der Waals surface area contributed by atoms with Gasteiger partial charge >= 0.3 is 24.3 Å². The minimum absolute atomic E-state index is 0.0824. The summed E-state index contributed by atoms with van der Waals surface area (Å²) >= 11 is 1.86. The van der Waals surface area contributed by atoms with Gasteiger partial charge in [0.05, 0.1) is 13.7 Å². The Balaban J connectivity index is 0.000000360. The summed E-state index contributed by atoms with van der Waals surface area (Å²) in [5.74, 6) is -3.84. The molecule has 1 atom stereocenters. The lowest BCUT2D eigenvalue weighted by Gasteiger charge is -2.45. The molecule has 18 heteroatoms. The molecule has 2 aromatic heterocycles. The molecule has 1 saturated heterocycles. The van der Waals surface area contributed by atoms with Gasteiger partial charge in [-0.3, -0.25) is 9.69 Å². The second-order valence-corrected chi connectivity index (χ2v) is 11.8. The standard InChI is InChI=1S/C25H30N4O3S.2C2HF3O2/c1-18-3-8-21(33-18)16-28-12-9-25(10-13-28)24-26-11-14-29(24)17-22(32-25)23(30)27-15-19-4-6-20(31-2)7-5-19;2*3-2(4,5)1(6)7/h3-8,11,14,22H,9-10,12-13,15-17H2,1-2H3,(H,27,30);2*(H,6,7). The van der Waals surface area contributed by atoms with E-state index in [1.54, 1.807) is 7.11 Å². The number of fused-ring (bicyclic) bond motifs is 2. The van der Waals surface area contributed by atoms with Crippen LogP contribution >= 0.6 is 11.3 Å². The molecule has 47 heavy (non-hydrogen) atoms. The number of carboxylic acid groups (broad SMARTS) is 2. The Morgan fingerprint density at radius 2 is 1.60 bits per heavy atom. The van der Waals surface area contributed by atoms with Crippen molar-refractivity contribution in [1.82, 2.24) is 19.8 Å². The Bertz CT molecular complexity index is 1480. The number of nitrogens with one attached hydrogen (secondary N) is 1. The first kappa shape index (κ1) is 37.3. The molecule has 0 aliphatic carbocycles. The van der Waals surface area contributed by atoms with Crippen molar-refractivity contribution in [1.29, 1.82) is 0 Å². The minimum Gasteiger partial charge on any atom is -0.497 e. The van der Waals surface area contributed by atoms with Crippen LogP contribution in [0.15, 0.2) is 48.8 Å². The number of thiophene rings is 1. The van der Waals surface area contributed by atoms with Gasteiger partial charge in [0, 0.05) is 48.3 Å². The molecule has 11 nitrogen and oxygen atoms in total. The number of methoxy groups -OCH3 is 1. The van der Waals surface area contributed by atoms with Crippen LogP contribution in [0.4, 0.5) is 26.3 Å². The number of amides is 1. The van der Waals surface area contributed by atoms with Crippen molar-refractivity contribution in [3.05, 3.63) is 69.9 Å². The highest BCUT2D eigenvalue weighted by Crippen LogP contribution is 2.40. The Morgan fingerprint density at radius 3 is 2.09 bits per heavy atom. The maximum Gasteiger partial charge on any atom is 0.490 e. The van der Waals surface area contributed by atoms with Crippen LogP contribution in [0, 0.1) is 6.92 Å². The summed E-state index contributed by atoms with van der Waals surface area (Å²) in [7, 11) is 1.64. The van der Waals surface area contributed by atoms with Crippen LogP contribution in [-0.4, -0.2) is 81.2 Å². The topological polar surface area (TPSA) is 143 Å². The van der Waals surface area contributed by atoms with Gasteiger partial charge in [0.1, 0.15) is 17.2 Å². The van der Waals surface area contributed by atoms with E-state index in [2.05, 4.69) is 38.8 Å². The fourth-order valence-corrected chi connectivity index (χ4v) is 5.72. The zero-order valence-corrected chi connectivity index (χ0v) is 25.9. The van der Waals surface area contributed by atoms with Crippen LogP contribution in [0.1, 0.15) is 34.0 Å². The highest BCUT2D eigenvalue weighted by Gasteiger charge is 2.47. The van der Waals surface area contributed by atoms with Crippen LogP contribution in [0.25, 0.3) is 0 Å². The Kier molecular flexibility index (Phi) is 12.4. The number of nitrogens with zero attached hydrogens (tertiary/aromatic N) is 3. The van der Waals surface area contributed by atoms with Crippen LogP contribution in [0.3, 0.4) is 0 Å². The molecule has 258 valence electrons. The molecule has 3 N–H and O–H groups in total. The van der Waals surface area contributed by atoms with Gasteiger partial charge in [0.15, 0.2) is 6.10 Å². The maximum atomic E-state index is 13.1. The fourth-order valence-electron chi connectivity index (χ4n) is 4.78. The zero-order valence-electron chi connectivity index (χ0n) is 25.1. The summed E-state index contributed by atoms with van der Waals surface area (Å²) in [6, 6.07) is 12.1. The summed E-state index contributed by atoms with van der Waals surface area (Å²) in [4.78, 5) is 40.7. The summed E-state index contributed by atoms with van der Waals surface area (Å²) in [5, 5.41) is 17.3. The Morgan fingerprint density at radius 1 is 1.02 bits per heavy atom. The number of carbonyl (C=O) groups is 3. The molecule has 1 amide bonds. The quantitative estimate of drug-likeness (QED) is 0.312. The average Bonchev–Trinajstić information content (AvgIpc) is 3.66. The largest absolute Gasteiger partial charge is 0.497 e. The van der Waals surface area contributed by atoms with Gasteiger partial charge in [-0.05, 0) is 49.6 Å². The number of ether oxygens (including phenoxy) is 2.